The Balaban J connectivity index is 3.06. The summed E-state index contributed by atoms with van der Waals surface area (Å²) in [6.07, 6.45) is 1.17. The van der Waals surface area contributed by atoms with Crippen molar-refractivity contribution in [2.24, 2.45) is 23.3 Å². The van der Waals surface area contributed by atoms with E-state index in [1.165, 1.54) is 4.90 Å². The Bertz CT molecular complexity index is 713. The average molecular weight is 456 g/mol. The Morgan fingerprint density at radius 1 is 1.09 bits per heavy atom. The fourth-order valence-corrected chi connectivity index (χ4v) is 3.55. The highest BCUT2D eigenvalue weighted by Gasteiger charge is 2.39. The molecular formula is C21H37N5O6. The second-order valence-electron chi connectivity index (χ2n) is 8.74. The molecule has 0 aliphatic carbocycles. The number of hydrogen-bond acceptors (Lipinski definition) is 6. The molecule has 11 heteroatoms. The first-order chi connectivity index (χ1) is 14.9. The fraction of sp³-hybridized carbons (Fsp3) is 0.762. The smallest absolute Gasteiger partial charge is 0.326 e. The summed E-state index contributed by atoms with van der Waals surface area (Å²) in [6.45, 7) is 7.46. The van der Waals surface area contributed by atoms with Crippen molar-refractivity contribution in [2.75, 3.05) is 6.54 Å². The summed E-state index contributed by atoms with van der Waals surface area (Å²) < 4.78 is 0. The molecule has 1 aliphatic rings. The Hall–Kier alpha value is -2.69. The predicted octanol–water partition coefficient (Wildman–Crippen LogP) is -0.673. The van der Waals surface area contributed by atoms with Crippen LogP contribution >= 0.6 is 0 Å². The highest BCUT2D eigenvalue weighted by Crippen LogP contribution is 2.20. The molecule has 4 amide bonds. The second kappa shape index (κ2) is 12.4. The zero-order valence-corrected chi connectivity index (χ0v) is 19.3. The molecule has 182 valence electrons. The van der Waals surface area contributed by atoms with E-state index in [1.54, 1.807) is 20.8 Å². The molecule has 1 saturated heterocycles. The van der Waals surface area contributed by atoms with E-state index in [2.05, 4.69) is 10.6 Å². The van der Waals surface area contributed by atoms with Crippen molar-refractivity contribution in [1.29, 1.82) is 0 Å². The minimum Gasteiger partial charge on any atom is -0.480 e. The zero-order chi connectivity index (χ0) is 24.6. The van der Waals surface area contributed by atoms with E-state index in [1.807, 2.05) is 6.92 Å². The molecular weight excluding hydrogens is 418 g/mol. The molecule has 0 bridgehead atoms. The van der Waals surface area contributed by atoms with E-state index < -0.39 is 53.8 Å². The Morgan fingerprint density at radius 3 is 2.22 bits per heavy atom. The van der Waals surface area contributed by atoms with Crippen molar-refractivity contribution in [2.45, 2.75) is 84.0 Å². The maximum Gasteiger partial charge on any atom is 0.326 e. The highest BCUT2D eigenvalue weighted by atomic mass is 16.4. The monoisotopic (exact) mass is 455 g/mol. The number of nitrogens with two attached hydrogens (primary N) is 2. The number of nitrogens with one attached hydrogen (secondary N) is 2. The fourth-order valence-electron chi connectivity index (χ4n) is 3.55. The van der Waals surface area contributed by atoms with E-state index in [0.29, 0.717) is 19.3 Å². The lowest BCUT2D eigenvalue weighted by Crippen LogP contribution is -2.59. The number of carboxylic acid groups (broad SMARTS) is 1. The molecule has 0 radical (unpaired) electrons. The average Bonchev–Trinajstić information content (AvgIpc) is 3.22. The summed E-state index contributed by atoms with van der Waals surface area (Å²) in [6, 6.07) is -3.88. The van der Waals surface area contributed by atoms with Crippen LogP contribution < -0.4 is 22.1 Å². The van der Waals surface area contributed by atoms with Crippen LogP contribution in [0.1, 0.15) is 59.8 Å². The first-order valence-corrected chi connectivity index (χ1v) is 11.1. The van der Waals surface area contributed by atoms with Gasteiger partial charge >= 0.3 is 5.97 Å². The molecule has 5 atom stereocenters. The first kappa shape index (κ1) is 27.3. The number of amides is 4. The molecule has 0 aromatic rings. The maximum atomic E-state index is 13.1. The van der Waals surface area contributed by atoms with Gasteiger partial charge < -0.3 is 32.1 Å². The van der Waals surface area contributed by atoms with Crippen molar-refractivity contribution in [3.8, 4) is 0 Å². The molecule has 32 heavy (non-hydrogen) atoms. The largest absolute Gasteiger partial charge is 0.480 e. The van der Waals surface area contributed by atoms with E-state index in [9.17, 15) is 29.1 Å². The normalized spacial score (nSPS) is 19.7. The van der Waals surface area contributed by atoms with Gasteiger partial charge in [-0.15, -0.1) is 0 Å². The van der Waals surface area contributed by atoms with Gasteiger partial charge in [-0.3, -0.25) is 19.2 Å². The molecule has 7 N–H and O–H groups in total. The van der Waals surface area contributed by atoms with Gasteiger partial charge in [0.2, 0.25) is 23.6 Å². The van der Waals surface area contributed by atoms with Gasteiger partial charge in [-0.1, -0.05) is 34.1 Å². The van der Waals surface area contributed by atoms with Crippen molar-refractivity contribution in [3.05, 3.63) is 0 Å². The molecule has 11 nitrogen and oxygen atoms in total. The maximum absolute atomic E-state index is 13.1. The van der Waals surface area contributed by atoms with Crippen molar-refractivity contribution >= 4 is 29.6 Å². The van der Waals surface area contributed by atoms with E-state index >= 15 is 0 Å². The van der Waals surface area contributed by atoms with Gasteiger partial charge in [0.25, 0.3) is 0 Å². The quantitative estimate of drug-likeness (QED) is 0.258. The summed E-state index contributed by atoms with van der Waals surface area (Å²) in [5, 5.41) is 14.7. The number of carbonyl (C=O) groups excluding carboxylic acids is 4. The predicted molar refractivity (Wildman–Crippen MR) is 117 cm³/mol. The summed E-state index contributed by atoms with van der Waals surface area (Å²) >= 11 is 0. The molecule has 0 aromatic carbocycles. The van der Waals surface area contributed by atoms with Crippen LogP contribution in [0.15, 0.2) is 0 Å². The number of carboxylic acids is 1. The molecule has 5 unspecified atom stereocenters. The van der Waals surface area contributed by atoms with Crippen LogP contribution in [0, 0.1) is 11.8 Å². The summed E-state index contributed by atoms with van der Waals surface area (Å²) in [5.41, 5.74) is 11.1. The van der Waals surface area contributed by atoms with Gasteiger partial charge in [-0.25, -0.2) is 4.79 Å². The summed E-state index contributed by atoms with van der Waals surface area (Å²) in [4.78, 5) is 62.6. The molecule has 1 aliphatic heterocycles. The summed E-state index contributed by atoms with van der Waals surface area (Å²) in [5.74, 6) is -3.83. The number of nitrogens with zero attached hydrogens (tertiary/aromatic N) is 1. The lowest BCUT2D eigenvalue weighted by Gasteiger charge is -2.30. The minimum absolute atomic E-state index is 0.0740. The number of likely N-dealkylation sites (tertiary alicyclic amines) is 1. The van der Waals surface area contributed by atoms with Crippen LogP contribution in [-0.4, -0.2) is 70.3 Å². The molecule has 0 aromatic heterocycles. The lowest BCUT2D eigenvalue weighted by atomic mass is 9.96. The number of primary amides is 1. The molecule has 1 fully saturated rings. The van der Waals surface area contributed by atoms with Crippen LogP contribution in [0.2, 0.25) is 0 Å². The van der Waals surface area contributed by atoms with Gasteiger partial charge in [0.15, 0.2) is 0 Å². The molecule has 1 heterocycles. The van der Waals surface area contributed by atoms with Crippen LogP contribution in [0.3, 0.4) is 0 Å². The third kappa shape index (κ3) is 7.47. The van der Waals surface area contributed by atoms with Gasteiger partial charge in [0.1, 0.15) is 18.1 Å². The van der Waals surface area contributed by atoms with Crippen LogP contribution in [-0.2, 0) is 24.0 Å². The molecule has 0 spiro atoms. The minimum atomic E-state index is -1.14. The van der Waals surface area contributed by atoms with E-state index in [4.69, 9.17) is 11.5 Å². The third-order valence-corrected chi connectivity index (χ3v) is 5.93. The van der Waals surface area contributed by atoms with Crippen molar-refractivity contribution in [3.63, 3.8) is 0 Å². The third-order valence-electron chi connectivity index (χ3n) is 5.93. The van der Waals surface area contributed by atoms with Gasteiger partial charge in [0.05, 0.1) is 6.04 Å². The Labute approximate surface area is 188 Å². The summed E-state index contributed by atoms with van der Waals surface area (Å²) in [7, 11) is 0. The Kier molecular flexibility index (Phi) is 10.6. The first-order valence-electron chi connectivity index (χ1n) is 11.1. The van der Waals surface area contributed by atoms with Crippen molar-refractivity contribution < 1.29 is 29.1 Å². The van der Waals surface area contributed by atoms with Gasteiger partial charge in [0, 0.05) is 13.0 Å². The van der Waals surface area contributed by atoms with Crippen LogP contribution in [0.25, 0.3) is 0 Å². The van der Waals surface area contributed by atoms with Crippen LogP contribution in [0.5, 0.6) is 0 Å². The lowest BCUT2D eigenvalue weighted by molar-refractivity contribution is -0.149. The van der Waals surface area contributed by atoms with Gasteiger partial charge in [-0.2, -0.15) is 0 Å². The van der Waals surface area contributed by atoms with Crippen LogP contribution in [0.4, 0.5) is 0 Å². The highest BCUT2D eigenvalue weighted by molar-refractivity contribution is 5.94. The molecule has 0 saturated carbocycles. The zero-order valence-electron chi connectivity index (χ0n) is 19.3. The van der Waals surface area contributed by atoms with E-state index in [-0.39, 0.29) is 31.2 Å². The van der Waals surface area contributed by atoms with Gasteiger partial charge in [-0.05, 0) is 31.1 Å². The van der Waals surface area contributed by atoms with Crippen molar-refractivity contribution in [1.82, 2.24) is 15.5 Å². The van der Waals surface area contributed by atoms with E-state index in [0.717, 1.165) is 0 Å². The topological polar surface area (TPSA) is 185 Å². The number of hydrogen-bond donors (Lipinski definition) is 5. The standard InChI is InChI=1S/C21H37N5O6/c1-5-12(4)17(25-18(28)16(23)11(2)3)19(29)24-13(8-9-15(22)27)20(30)26-10-6-7-14(26)21(31)32/h11-14,16-17H,5-10,23H2,1-4H3,(H2,22,27)(H,24,29)(H,25,28)(H,31,32). The second-order valence-corrected chi connectivity index (χ2v) is 8.74. The Morgan fingerprint density at radius 2 is 1.72 bits per heavy atom. The number of carbonyl (C=O) groups is 5. The molecule has 1 rings (SSSR count). The SMILES string of the molecule is CCC(C)C(NC(=O)C(N)C(C)C)C(=O)NC(CCC(N)=O)C(=O)N1CCCC1C(=O)O. The number of aliphatic carboxylic acids is 1. The number of rotatable bonds is 12.